The lowest BCUT2D eigenvalue weighted by Crippen LogP contribution is -2.49. The molecule has 2 aromatic rings. The first-order chi connectivity index (χ1) is 13.6. The Morgan fingerprint density at radius 3 is 2.69 bits per heavy atom. The first kappa shape index (κ1) is 23.1. The van der Waals surface area contributed by atoms with E-state index >= 15 is 0 Å². The third kappa shape index (κ3) is 7.28. The van der Waals surface area contributed by atoms with Gasteiger partial charge in [0.2, 0.25) is 5.91 Å². The molecule has 1 aliphatic heterocycles. The van der Waals surface area contributed by atoms with Gasteiger partial charge in [0.05, 0.1) is 12.2 Å². The number of carbonyl (C=O) groups is 1. The number of primary amides is 1. The van der Waals surface area contributed by atoms with Crippen LogP contribution in [0.2, 0.25) is 0 Å². The minimum atomic E-state index is -0.267. The SMILES string of the molecule is CN=C(NCc1cccc(-c2ccccn2)c1)NC1CCN(CC(N)=O)CC1.I. The molecule has 0 unspecified atom stereocenters. The molecule has 0 atom stereocenters. The molecule has 0 aliphatic carbocycles. The van der Waals surface area contributed by atoms with Crippen molar-refractivity contribution in [3.8, 4) is 11.3 Å². The van der Waals surface area contributed by atoms with Crippen molar-refractivity contribution in [2.24, 2.45) is 10.7 Å². The fourth-order valence-corrected chi connectivity index (χ4v) is 3.40. The first-order valence-corrected chi connectivity index (χ1v) is 9.62. The second-order valence-corrected chi connectivity index (χ2v) is 7.00. The highest BCUT2D eigenvalue weighted by Crippen LogP contribution is 2.17. The number of halogens is 1. The number of aromatic nitrogens is 1. The van der Waals surface area contributed by atoms with Gasteiger partial charge in [0, 0.05) is 44.5 Å². The number of nitrogens with one attached hydrogen (secondary N) is 2. The van der Waals surface area contributed by atoms with Crippen LogP contribution in [0.15, 0.2) is 53.7 Å². The van der Waals surface area contributed by atoms with Crippen molar-refractivity contribution in [3.63, 3.8) is 0 Å². The molecular weight excluding hydrogens is 479 g/mol. The third-order valence-electron chi connectivity index (χ3n) is 4.88. The van der Waals surface area contributed by atoms with Crippen LogP contribution in [0.4, 0.5) is 0 Å². The van der Waals surface area contributed by atoms with Crippen LogP contribution < -0.4 is 16.4 Å². The molecule has 1 saturated heterocycles. The Balaban J connectivity index is 0.00000300. The number of aliphatic imine (C=N–C) groups is 1. The molecule has 1 aromatic heterocycles. The minimum absolute atomic E-state index is 0. The van der Waals surface area contributed by atoms with Crippen LogP contribution in [0.5, 0.6) is 0 Å². The Hall–Kier alpha value is -2.20. The number of amides is 1. The van der Waals surface area contributed by atoms with E-state index in [9.17, 15) is 4.79 Å². The van der Waals surface area contributed by atoms with Gasteiger partial charge in [-0.1, -0.05) is 24.3 Å². The van der Waals surface area contributed by atoms with E-state index in [1.807, 2.05) is 24.3 Å². The molecule has 0 spiro atoms. The number of benzene rings is 1. The Kier molecular flexibility index (Phi) is 9.33. The minimum Gasteiger partial charge on any atom is -0.369 e. The number of piperidine rings is 1. The van der Waals surface area contributed by atoms with Gasteiger partial charge in [0.1, 0.15) is 0 Å². The summed E-state index contributed by atoms with van der Waals surface area (Å²) in [6.07, 6.45) is 3.73. The summed E-state index contributed by atoms with van der Waals surface area (Å²) in [5.74, 6) is 0.522. The van der Waals surface area contributed by atoms with Crippen LogP contribution in [0, 0.1) is 0 Å². The predicted molar refractivity (Wildman–Crippen MR) is 127 cm³/mol. The maximum atomic E-state index is 11.0. The lowest BCUT2D eigenvalue weighted by atomic mass is 10.1. The molecule has 1 aromatic carbocycles. The standard InChI is InChI=1S/C21H28N6O.HI/c1-23-21(26-18-8-11-27(12-9-18)15-20(22)28)25-14-16-5-4-6-17(13-16)19-7-2-3-10-24-19;/h2-7,10,13,18H,8-9,11-12,14-15H2,1H3,(H2,22,28)(H2,23,25,26);1H. The maximum Gasteiger partial charge on any atom is 0.231 e. The average Bonchev–Trinajstić information content (AvgIpc) is 2.73. The van der Waals surface area contributed by atoms with Crippen molar-refractivity contribution >= 4 is 35.8 Å². The molecule has 7 nitrogen and oxygen atoms in total. The molecule has 29 heavy (non-hydrogen) atoms. The number of rotatable bonds is 6. The van der Waals surface area contributed by atoms with Crippen molar-refractivity contribution in [3.05, 3.63) is 54.2 Å². The number of pyridine rings is 1. The zero-order chi connectivity index (χ0) is 19.8. The van der Waals surface area contributed by atoms with Crippen LogP contribution in [0.1, 0.15) is 18.4 Å². The molecule has 156 valence electrons. The summed E-state index contributed by atoms with van der Waals surface area (Å²) in [5.41, 5.74) is 8.51. The van der Waals surface area contributed by atoms with Crippen LogP contribution >= 0.6 is 24.0 Å². The van der Waals surface area contributed by atoms with E-state index in [0.29, 0.717) is 19.1 Å². The van der Waals surface area contributed by atoms with Gasteiger partial charge in [0.15, 0.2) is 5.96 Å². The molecule has 1 amide bonds. The molecule has 1 aliphatic rings. The Morgan fingerprint density at radius 2 is 2.03 bits per heavy atom. The Bertz CT molecular complexity index is 806. The van der Waals surface area contributed by atoms with Gasteiger partial charge in [-0.2, -0.15) is 0 Å². The molecular formula is C21H29IN6O. The van der Waals surface area contributed by atoms with E-state index in [0.717, 1.165) is 43.1 Å². The first-order valence-electron chi connectivity index (χ1n) is 9.62. The number of guanidine groups is 1. The molecule has 2 heterocycles. The summed E-state index contributed by atoms with van der Waals surface area (Å²) in [6.45, 7) is 2.75. The van der Waals surface area contributed by atoms with Crippen molar-refractivity contribution in [2.75, 3.05) is 26.7 Å². The Morgan fingerprint density at radius 1 is 1.24 bits per heavy atom. The maximum absolute atomic E-state index is 11.0. The highest BCUT2D eigenvalue weighted by Gasteiger charge is 2.20. The molecule has 0 bridgehead atoms. The third-order valence-corrected chi connectivity index (χ3v) is 4.88. The number of carbonyl (C=O) groups excluding carboxylic acids is 1. The van der Waals surface area contributed by atoms with E-state index in [2.05, 4.69) is 43.7 Å². The summed E-state index contributed by atoms with van der Waals surface area (Å²) in [7, 11) is 1.78. The number of likely N-dealkylation sites (tertiary alicyclic amines) is 1. The normalized spacial score (nSPS) is 15.4. The fourth-order valence-electron chi connectivity index (χ4n) is 3.40. The quantitative estimate of drug-likeness (QED) is 0.315. The van der Waals surface area contributed by atoms with Crippen molar-refractivity contribution in [1.82, 2.24) is 20.5 Å². The summed E-state index contributed by atoms with van der Waals surface area (Å²) in [5, 5.41) is 6.87. The summed E-state index contributed by atoms with van der Waals surface area (Å²) >= 11 is 0. The van der Waals surface area contributed by atoms with Crippen molar-refractivity contribution in [1.29, 1.82) is 0 Å². The highest BCUT2D eigenvalue weighted by atomic mass is 127. The van der Waals surface area contributed by atoms with Gasteiger partial charge in [-0.25, -0.2) is 0 Å². The molecule has 0 radical (unpaired) electrons. The molecule has 3 rings (SSSR count). The van der Waals surface area contributed by atoms with Crippen molar-refractivity contribution < 1.29 is 4.79 Å². The topological polar surface area (TPSA) is 95.6 Å². The summed E-state index contributed by atoms with van der Waals surface area (Å²) < 4.78 is 0. The van der Waals surface area contributed by atoms with E-state index in [1.54, 1.807) is 13.2 Å². The lowest BCUT2D eigenvalue weighted by Gasteiger charge is -2.32. The number of hydrogen-bond acceptors (Lipinski definition) is 4. The van der Waals surface area contributed by atoms with Crippen LogP contribution in [0.25, 0.3) is 11.3 Å². The van der Waals surface area contributed by atoms with Gasteiger partial charge in [0.25, 0.3) is 0 Å². The van der Waals surface area contributed by atoms with E-state index < -0.39 is 0 Å². The van der Waals surface area contributed by atoms with Gasteiger partial charge in [-0.05, 0) is 36.6 Å². The van der Waals surface area contributed by atoms with Gasteiger partial charge < -0.3 is 16.4 Å². The Labute approximate surface area is 189 Å². The highest BCUT2D eigenvalue weighted by molar-refractivity contribution is 14.0. The number of nitrogens with two attached hydrogens (primary N) is 1. The number of nitrogens with zero attached hydrogens (tertiary/aromatic N) is 3. The summed E-state index contributed by atoms with van der Waals surface area (Å²) in [4.78, 5) is 21.9. The van der Waals surface area contributed by atoms with Crippen LogP contribution in [-0.4, -0.2) is 54.5 Å². The second-order valence-electron chi connectivity index (χ2n) is 7.00. The van der Waals surface area contributed by atoms with Crippen molar-refractivity contribution in [2.45, 2.75) is 25.4 Å². The van der Waals surface area contributed by atoms with E-state index in [1.165, 1.54) is 5.56 Å². The fraction of sp³-hybridized carbons (Fsp3) is 0.381. The largest absolute Gasteiger partial charge is 0.369 e. The zero-order valence-electron chi connectivity index (χ0n) is 16.7. The second kappa shape index (κ2) is 11.7. The monoisotopic (exact) mass is 508 g/mol. The van der Waals surface area contributed by atoms with E-state index in [4.69, 9.17) is 5.73 Å². The molecule has 0 saturated carbocycles. The lowest BCUT2D eigenvalue weighted by molar-refractivity contribution is -0.119. The smallest absolute Gasteiger partial charge is 0.231 e. The van der Waals surface area contributed by atoms with Gasteiger partial charge in [-0.15, -0.1) is 24.0 Å². The van der Waals surface area contributed by atoms with Crippen LogP contribution in [0.3, 0.4) is 0 Å². The predicted octanol–water partition coefficient (Wildman–Crippen LogP) is 1.98. The van der Waals surface area contributed by atoms with E-state index in [-0.39, 0.29) is 29.9 Å². The van der Waals surface area contributed by atoms with Crippen LogP contribution in [-0.2, 0) is 11.3 Å². The van der Waals surface area contributed by atoms with Gasteiger partial charge in [-0.3, -0.25) is 19.7 Å². The molecule has 1 fully saturated rings. The van der Waals surface area contributed by atoms with Gasteiger partial charge >= 0.3 is 0 Å². The zero-order valence-corrected chi connectivity index (χ0v) is 19.0. The average molecular weight is 508 g/mol. The molecule has 8 heteroatoms. The summed E-state index contributed by atoms with van der Waals surface area (Å²) in [6, 6.07) is 14.6. The number of hydrogen-bond donors (Lipinski definition) is 3. The molecule has 4 N–H and O–H groups in total.